The van der Waals surface area contributed by atoms with Crippen molar-refractivity contribution in [3.8, 4) is 0 Å². The third kappa shape index (κ3) is 4.55. The molecule has 164 valence electrons. The van der Waals surface area contributed by atoms with E-state index >= 15 is 0 Å². The Hall–Kier alpha value is -3.14. The Morgan fingerprint density at radius 2 is 1.75 bits per heavy atom. The van der Waals surface area contributed by atoms with E-state index in [0.717, 1.165) is 0 Å². The average Bonchev–Trinajstić information content (AvgIpc) is 3.19. The van der Waals surface area contributed by atoms with Crippen molar-refractivity contribution in [3.63, 3.8) is 0 Å². The van der Waals surface area contributed by atoms with E-state index in [4.69, 9.17) is 16.0 Å². The summed E-state index contributed by atoms with van der Waals surface area (Å²) in [5.74, 6) is -1.26. The van der Waals surface area contributed by atoms with E-state index in [1.807, 2.05) is 0 Å². The summed E-state index contributed by atoms with van der Waals surface area (Å²) in [6, 6.07) is 18.7. The average molecular weight is 490 g/mol. The van der Waals surface area contributed by atoms with Gasteiger partial charge in [0.1, 0.15) is 5.58 Å². The Morgan fingerprint density at radius 1 is 1.03 bits per heavy atom. The SMILES string of the molecule is O=C(O)c1ccccc1CS(=O)c1ccc(Cl)cc1NS(=O)(=O)c1cc2ccccc2o1. The Morgan fingerprint density at radius 3 is 2.50 bits per heavy atom. The summed E-state index contributed by atoms with van der Waals surface area (Å²) in [4.78, 5) is 11.6. The van der Waals surface area contributed by atoms with E-state index in [0.29, 0.717) is 16.5 Å². The molecular weight excluding hydrogens is 474 g/mol. The van der Waals surface area contributed by atoms with Crippen molar-refractivity contribution in [1.82, 2.24) is 0 Å². The lowest BCUT2D eigenvalue weighted by Crippen LogP contribution is -2.14. The van der Waals surface area contributed by atoms with Gasteiger partial charge in [-0.25, -0.2) is 4.79 Å². The van der Waals surface area contributed by atoms with Gasteiger partial charge in [0.15, 0.2) is 0 Å². The number of benzene rings is 3. The maximum atomic E-state index is 13.1. The Kier molecular flexibility index (Phi) is 6.05. The Bertz CT molecular complexity index is 1430. The van der Waals surface area contributed by atoms with Crippen molar-refractivity contribution in [1.29, 1.82) is 0 Å². The van der Waals surface area contributed by atoms with Crippen LogP contribution < -0.4 is 4.72 Å². The minimum atomic E-state index is -4.15. The van der Waals surface area contributed by atoms with Gasteiger partial charge in [-0.05, 0) is 35.9 Å². The largest absolute Gasteiger partial charge is 0.478 e. The number of nitrogens with one attached hydrogen (secondary N) is 1. The van der Waals surface area contributed by atoms with E-state index in [2.05, 4.69) is 4.72 Å². The number of para-hydroxylation sites is 1. The molecule has 1 heterocycles. The normalized spacial score (nSPS) is 12.5. The van der Waals surface area contributed by atoms with Crippen LogP contribution in [0, 0.1) is 0 Å². The number of hydrogen-bond acceptors (Lipinski definition) is 5. The zero-order valence-electron chi connectivity index (χ0n) is 16.3. The molecule has 1 aromatic heterocycles. The lowest BCUT2D eigenvalue weighted by atomic mass is 10.1. The molecule has 0 aliphatic carbocycles. The molecule has 1 atom stereocenters. The zero-order valence-corrected chi connectivity index (χ0v) is 18.7. The summed E-state index contributed by atoms with van der Waals surface area (Å²) >= 11 is 6.05. The number of carboxylic acids is 1. The van der Waals surface area contributed by atoms with Gasteiger partial charge in [0.25, 0.3) is 10.0 Å². The van der Waals surface area contributed by atoms with Crippen LogP contribution in [0.1, 0.15) is 15.9 Å². The topological polar surface area (TPSA) is 114 Å². The van der Waals surface area contributed by atoms with Crippen molar-refractivity contribution in [3.05, 3.63) is 88.9 Å². The monoisotopic (exact) mass is 489 g/mol. The van der Waals surface area contributed by atoms with E-state index in [1.54, 1.807) is 42.5 Å². The molecule has 0 saturated heterocycles. The second kappa shape index (κ2) is 8.78. The molecule has 0 saturated carbocycles. The minimum absolute atomic E-state index is 0.0177. The number of rotatable bonds is 7. The fourth-order valence-electron chi connectivity index (χ4n) is 3.14. The van der Waals surface area contributed by atoms with Gasteiger partial charge >= 0.3 is 5.97 Å². The first-order valence-corrected chi connectivity index (χ1v) is 12.4. The maximum Gasteiger partial charge on any atom is 0.335 e. The number of carboxylic acid groups (broad SMARTS) is 1. The quantitative estimate of drug-likeness (QED) is 0.382. The predicted octanol–water partition coefficient (Wildman–Crippen LogP) is 4.89. The van der Waals surface area contributed by atoms with Gasteiger partial charge in [-0.3, -0.25) is 8.93 Å². The number of fused-ring (bicyclic) bond motifs is 1. The first kappa shape index (κ1) is 22.1. The third-order valence-corrected chi connectivity index (χ3v) is 7.51. The molecule has 32 heavy (non-hydrogen) atoms. The Labute approximate surface area is 191 Å². The van der Waals surface area contributed by atoms with Gasteiger partial charge in [0, 0.05) is 16.5 Å². The number of carbonyl (C=O) groups is 1. The number of anilines is 1. The molecule has 0 fully saturated rings. The van der Waals surface area contributed by atoms with Crippen LogP contribution in [0.2, 0.25) is 5.02 Å². The summed E-state index contributed by atoms with van der Waals surface area (Å²) < 4.78 is 46.8. The molecule has 0 amide bonds. The first-order chi connectivity index (χ1) is 15.2. The van der Waals surface area contributed by atoms with Crippen LogP contribution in [0.3, 0.4) is 0 Å². The molecule has 0 aliphatic rings. The second-order valence-electron chi connectivity index (χ2n) is 6.80. The van der Waals surface area contributed by atoms with Gasteiger partial charge < -0.3 is 9.52 Å². The van der Waals surface area contributed by atoms with E-state index in [-0.39, 0.29) is 32.0 Å². The van der Waals surface area contributed by atoms with Crippen LogP contribution in [0.25, 0.3) is 11.0 Å². The Balaban J connectivity index is 1.68. The van der Waals surface area contributed by atoms with Crippen LogP contribution in [0.4, 0.5) is 5.69 Å². The van der Waals surface area contributed by atoms with Crippen molar-refractivity contribution in [2.75, 3.05) is 4.72 Å². The van der Waals surface area contributed by atoms with Gasteiger partial charge in [0.05, 0.1) is 32.7 Å². The molecule has 3 aromatic carbocycles. The number of halogens is 1. The molecule has 1 unspecified atom stereocenters. The number of hydrogen-bond donors (Lipinski definition) is 2. The molecule has 0 aliphatic heterocycles. The molecule has 4 rings (SSSR count). The summed E-state index contributed by atoms with van der Waals surface area (Å²) in [6.07, 6.45) is 0. The van der Waals surface area contributed by atoms with Crippen molar-refractivity contribution < 1.29 is 26.9 Å². The maximum absolute atomic E-state index is 13.1. The summed E-state index contributed by atoms with van der Waals surface area (Å²) in [5.41, 5.74) is 0.815. The summed E-state index contributed by atoms with van der Waals surface area (Å²) in [5, 5.41) is 9.91. The standard InChI is InChI=1S/C22H16ClNO6S2/c23-16-9-10-20(31(27)13-15-6-1-3-7-17(15)22(25)26)18(12-16)24-32(28,29)21-11-14-5-2-4-8-19(14)30-21/h1-12,24H,13H2,(H,25,26). The first-order valence-electron chi connectivity index (χ1n) is 9.25. The molecule has 7 nitrogen and oxygen atoms in total. The van der Waals surface area contributed by atoms with Crippen LogP contribution >= 0.6 is 11.6 Å². The third-order valence-electron chi connectivity index (χ3n) is 4.63. The molecule has 0 spiro atoms. The molecular formula is C22H16ClNO6S2. The van der Waals surface area contributed by atoms with E-state index in [9.17, 15) is 22.5 Å². The van der Waals surface area contributed by atoms with Crippen LogP contribution in [-0.2, 0) is 26.6 Å². The highest BCUT2D eigenvalue weighted by Gasteiger charge is 2.23. The lowest BCUT2D eigenvalue weighted by Gasteiger charge is -2.13. The molecule has 0 bridgehead atoms. The van der Waals surface area contributed by atoms with Gasteiger partial charge in [-0.2, -0.15) is 8.42 Å². The van der Waals surface area contributed by atoms with Crippen molar-refractivity contribution in [2.45, 2.75) is 15.7 Å². The lowest BCUT2D eigenvalue weighted by molar-refractivity contribution is 0.0696. The van der Waals surface area contributed by atoms with Gasteiger partial charge in [-0.15, -0.1) is 0 Å². The number of aromatic carboxylic acids is 1. The fraction of sp³-hybridized carbons (Fsp3) is 0.0455. The molecule has 0 radical (unpaired) electrons. The highest BCUT2D eigenvalue weighted by atomic mass is 35.5. The number of furan rings is 1. The van der Waals surface area contributed by atoms with Gasteiger partial charge in [-0.1, -0.05) is 48.0 Å². The van der Waals surface area contributed by atoms with Gasteiger partial charge in [0.2, 0.25) is 5.09 Å². The molecule has 4 aromatic rings. The highest BCUT2D eigenvalue weighted by Crippen LogP contribution is 2.30. The van der Waals surface area contributed by atoms with E-state index < -0.39 is 26.8 Å². The second-order valence-corrected chi connectivity index (χ2v) is 10.3. The van der Waals surface area contributed by atoms with Crippen molar-refractivity contribution in [2.24, 2.45) is 0 Å². The van der Waals surface area contributed by atoms with Crippen LogP contribution in [0.15, 0.2) is 87.2 Å². The predicted molar refractivity (Wildman–Crippen MR) is 122 cm³/mol. The zero-order chi connectivity index (χ0) is 22.9. The smallest absolute Gasteiger partial charge is 0.335 e. The van der Waals surface area contributed by atoms with Crippen LogP contribution in [0.5, 0.6) is 0 Å². The minimum Gasteiger partial charge on any atom is -0.478 e. The molecule has 2 N–H and O–H groups in total. The summed E-state index contributed by atoms with van der Waals surface area (Å²) in [7, 11) is -5.91. The van der Waals surface area contributed by atoms with Crippen LogP contribution in [-0.4, -0.2) is 23.7 Å². The number of sulfonamides is 1. The molecule has 10 heteroatoms. The fourth-order valence-corrected chi connectivity index (χ4v) is 5.68. The summed E-state index contributed by atoms with van der Waals surface area (Å²) in [6.45, 7) is 0. The highest BCUT2D eigenvalue weighted by molar-refractivity contribution is 7.92. The van der Waals surface area contributed by atoms with Crippen molar-refractivity contribution >= 4 is 55.0 Å². The van der Waals surface area contributed by atoms with E-state index in [1.165, 1.54) is 30.3 Å².